The number of quaternary nitrogens is 1. The van der Waals surface area contributed by atoms with Crippen molar-refractivity contribution in [2.45, 2.75) is 18.9 Å². The second kappa shape index (κ2) is 9.41. The Hall–Kier alpha value is -0.540. The minimum atomic E-state index is -4.38. The molecule has 0 heterocycles. The molecule has 10 heteroatoms. The van der Waals surface area contributed by atoms with Crippen LogP contribution in [-0.4, -0.2) is 88.4 Å². The van der Waals surface area contributed by atoms with Gasteiger partial charge in [0.15, 0.2) is 0 Å². The van der Waals surface area contributed by atoms with E-state index in [1.54, 1.807) is 21.1 Å². The quantitative estimate of drug-likeness (QED) is 0.217. The van der Waals surface area contributed by atoms with Crippen LogP contribution in [-0.2, 0) is 14.1 Å². The van der Waals surface area contributed by atoms with Crippen LogP contribution < -0.4 is 0 Å². The summed E-state index contributed by atoms with van der Waals surface area (Å²) in [5.41, 5.74) is 0. The predicted molar refractivity (Wildman–Crippen MR) is 70.7 cm³/mol. The standard InChI is InChI=1S/C7H16NO5P.C3H8O3/c1-6(9)13-7(14(10,11)12)5-8(2,3)4;4-1-3(6)2-5/h7H,5H2,1-4H3,(H-,10,11,12);3-6H,1-2H2/p+1. The third kappa shape index (κ3) is 13.9. The predicted octanol–water partition coefficient (Wildman–Crippen LogP) is -1.91. The Morgan fingerprint density at radius 2 is 1.60 bits per heavy atom. The van der Waals surface area contributed by atoms with Gasteiger partial charge in [0.1, 0.15) is 12.6 Å². The van der Waals surface area contributed by atoms with E-state index in [9.17, 15) is 9.36 Å². The molecule has 1 unspecified atom stereocenters. The summed E-state index contributed by atoms with van der Waals surface area (Å²) in [6.45, 7) is 0.467. The SMILES string of the molecule is CC(=O)OC(C[N+](C)(C)C)P(=O)(O)O.OCC(O)CO. The van der Waals surface area contributed by atoms with Crippen molar-refractivity contribution in [1.29, 1.82) is 0 Å². The number of esters is 1. The van der Waals surface area contributed by atoms with Crippen molar-refractivity contribution in [3.8, 4) is 0 Å². The second-order valence-corrected chi connectivity index (χ2v) is 6.90. The van der Waals surface area contributed by atoms with Gasteiger partial charge in [0, 0.05) is 6.92 Å². The molecule has 5 N–H and O–H groups in total. The van der Waals surface area contributed by atoms with Crippen molar-refractivity contribution >= 4 is 13.6 Å². The Labute approximate surface area is 118 Å². The first-order valence-corrected chi connectivity index (χ1v) is 7.44. The molecule has 0 saturated heterocycles. The average molecular weight is 318 g/mol. The minimum absolute atomic E-state index is 0.0733. The molecule has 0 aromatic heterocycles. The number of aliphatic hydroxyl groups excluding tert-OH is 3. The Kier molecular flexibility index (Phi) is 10.2. The van der Waals surface area contributed by atoms with Crippen LogP contribution in [0.25, 0.3) is 0 Å². The zero-order valence-corrected chi connectivity index (χ0v) is 13.0. The number of nitrogens with zero attached hydrogens (tertiary/aromatic N) is 1. The molecule has 20 heavy (non-hydrogen) atoms. The average Bonchev–Trinajstić information content (AvgIpc) is 2.24. The van der Waals surface area contributed by atoms with Gasteiger partial charge in [-0.2, -0.15) is 0 Å². The Morgan fingerprint density at radius 3 is 1.75 bits per heavy atom. The van der Waals surface area contributed by atoms with Crippen molar-refractivity contribution in [3.63, 3.8) is 0 Å². The first kappa shape index (κ1) is 21.8. The van der Waals surface area contributed by atoms with E-state index >= 15 is 0 Å². The Morgan fingerprint density at radius 1 is 1.20 bits per heavy atom. The number of hydrogen-bond donors (Lipinski definition) is 5. The summed E-state index contributed by atoms with van der Waals surface area (Å²) in [6, 6.07) is 0. The summed E-state index contributed by atoms with van der Waals surface area (Å²) < 4.78 is 15.8. The molecule has 0 spiro atoms. The van der Waals surface area contributed by atoms with E-state index < -0.39 is 25.5 Å². The van der Waals surface area contributed by atoms with Gasteiger partial charge in [0.2, 0.25) is 5.85 Å². The van der Waals surface area contributed by atoms with Gasteiger partial charge < -0.3 is 34.3 Å². The molecule has 0 aromatic rings. The van der Waals surface area contributed by atoms with Crippen LogP contribution in [0.5, 0.6) is 0 Å². The van der Waals surface area contributed by atoms with Gasteiger partial charge >= 0.3 is 13.6 Å². The van der Waals surface area contributed by atoms with Crippen molar-refractivity contribution in [3.05, 3.63) is 0 Å². The smallest absolute Gasteiger partial charge is 0.371 e. The van der Waals surface area contributed by atoms with Crippen molar-refractivity contribution < 1.29 is 43.7 Å². The maximum atomic E-state index is 11.0. The Bertz CT molecular complexity index is 320. The van der Waals surface area contributed by atoms with Crippen LogP contribution in [0.2, 0.25) is 0 Å². The molecule has 0 aliphatic carbocycles. The molecular formula is C10H25NO8P+. The fourth-order valence-corrected chi connectivity index (χ4v) is 1.92. The first-order chi connectivity index (χ1) is 8.83. The lowest BCUT2D eigenvalue weighted by Gasteiger charge is -2.28. The summed E-state index contributed by atoms with van der Waals surface area (Å²) in [4.78, 5) is 28.4. The van der Waals surface area contributed by atoms with E-state index in [1.807, 2.05) is 0 Å². The highest BCUT2D eigenvalue weighted by atomic mass is 31.2. The third-order valence-electron chi connectivity index (χ3n) is 1.80. The minimum Gasteiger partial charge on any atom is -0.443 e. The fraction of sp³-hybridized carbons (Fsp3) is 0.900. The lowest BCUT2D eigenvalue weighted by Crippen LogP contribution is -2.42. The first-order valence-electron chi connectivity index (χ1n) is 5.76. The highest BCUT2D eigenvalue weighted by Gasteiger charge is 2.36. The van der Waals surface area contributed by atoms with Gasteiger partial charge in [-0.3, -0.25) is 9.36 Å². The number of carbonyl (C=O) groups is 1. The van der Waals surface area contributed by atoms with Crippen LogP contribution in [0.4, 0.5) is 0 Å². The topological polar surface area (TPSA) is 145 Å². The zero-order valence-electron chi connectivity index (χ0n) is 12.1. The number of hydrogen-bond acceptors (Lipinski definition) is 6. The number of likely N-dealkylation sites (N-methyl/N-ethyl adjacent to an activating group) is 1. The molecule has 9 nitrogen and oxygen atoms in total. The summed E-state index contributed by atoms with van der Waals surface area (Å²) in [6.07, 6.45) is -0.954. The third-order valence-corrected chi connectivity index (χ3v) is 2.82. The molecule has 0 radical (unpaired) electrons. The van der Waals surface area contributed by atoms with Crippen LogP contribution >= 0.6 is 7.60 Å². The van der Waals surface area contributed by atoms with E-state index in [1.165, 1.54) is 0 Å². The number of rotatable bonds is 6. The molecule has 122 valence electrons. The molecule has 0 aromatic carbocycles. The molecule has 0 amide bonds. The fourth-order valence-electron chi connectivity index (χ4n) is 0.930. The zero-order chi connectivity index (χ0) is 16.6. The molecule has 0 aliphatic rings. The molecular weight excluding hydrogens is 293 g/mol. The van der Waals surface area contributed by atoms with Gasteiger partial charge in [-0.25, -0.2) is 0 Å². The van der Waals surface area contributed by atoms with E-state index in [0.29, 0.717) is 4.48 Å². The summed E-state index contributed by atoms with van der Waals surface area (Å²) in [5, 5.41) is 24.0. The molecule has 0 saturated carbocycles. The summed E-state index contributed by atoms with van der Waals surface area (Å²) in [7, 11) is 0.883. The van der Waals surface area contributed by atoms with Crippen molar-refractivity contribution in [1.82, 2.24) is 0 Å². The highest BCUT2D eigenvalue weighted by molar-refractivity contribution is 7.52. The van der Waals surface area contributed by atoms with Gasteiger partial charge in [-0.05, 0) is 0 Å². The maximum absolute atomic E-state index is 11.0. The summed E-state index contributed by atoms with van der Waals surface area (Å²) >= 11 is 0. The van der Waals surface area contributed by atoms with Crippen LogP contribution in [0.15, 0.2) is 0 Å². The second-order valence-electron chi connectivity index (χ2n) is 5.15. The van der Waals surface area contributed by atoms with E-state index in [-0.39, 0.29) is 19.8 Å². The lowest BCUT2D eigenvalue weighted by atomic mass is 10.4. The van der Waals surface area contributed by atoms with E-state index in [0.717, 1.165) is 6.92 Å². The largest absolute Gasteiger partial charge is 0.443 e. The molecule has 0 bridgehead atoms. The van der Waals surface area contributed by atoms with Gasteiger partial charge in [-0.15, -0.1) is 0 Å². The summed E-state index contributed by atoms with van der Waals surface area (Å²) in [5.74, 6) is -2.05. The number of ether oxygens (including phenoxy) is 1. The number of carbonyl (C=O) groups excluding carboxylic acids is 1. The molecule has 0 fully saturated rings. The maximum Gasteiger partial charge on any atom is 0.371 e. The Balaban J connectivity index is 0. The molecule has 0 aliphatic heterocycles. The van der Waals surface area contributed by atoms with Gasteiger partial charge in [0.25, 0.3) is 0 Å². The van der Waals surface area contributed by atoms with Crippen LogP contribution in [0, 0.1) is 0 Å². The molecule has 1 atom stereocenters. The number of aliphatic hydroxyl groups is 3. The van der Waals surface area contributed by atoms with Gasteiger partial charge in [0.05, 0.1) is 34.4 Å². The van der Waals surface area contributed by atoms with E-state index in [4.69, 9.17) is 25.1 Å². The molecule has 0 rings (SSSR count). The van der Waals surface area contributed by atoms with E-state index in [2.05, 4.69) is 4.74 Å². The van der Waals surface area contributed by atoms with Crippen LogP contribution in [0.3, 0.4) is 0 Å². The van der Waals surface area contributed by atoms with Crippen molar-refractivity contribution in [2.75, 3.05) is 40.9 Å². The normalized spacial score (nSPS) is 13.5. The monoisotopic (exact) mass is 318 g/mol. The highest BCUT2D eigenvalue weighted by Crippen LogP contribution is 2.42. The van der Waals surface area contributed by atoms with Gasteiger partial charge in [-0.1, -0.05) is 0 Å². The van der Waals surface area contributed by atoms with Crippen molar-refractivity contribution in [2.24, 2.45) is 0 Å². The lowest BCUT2D eigenvalue weighted by molar-refractivity contribution is -0.871. The van der Waals surface area contributed by atoms with Crippen LogP contribution in [0.1, 0.15) is 6.92 Å².